The minimum Gasteiger partial charge on any atom is -0.321 e. The Morgan fingerprint density at radius 1 is 0.893 bits per heavy atom. The molecule has 28 heavy (non-hydrogen) atoms. The summed E-state index contributed by atoms with van der Waals surface area (Å²) in [6.45, 7) is 2.52. The van der Waals surface area contributed by atoms with Gasteiger partial charge in [-0.05, 0) is 36.3 Å². The summed E-state index contributed by atoms with van der Waals surface area (Å²) in [5.74, 6) is 0.430. The Labute approximate surface area is 164 Å². The topological polar surface area (TPSA) is 44.7 Å². The molecule has 4 nitrogen and oxygen atoms in total. The van der Waals surface area contributed by atoms with Gasteiger partial charge in [0, 0.05) is 0 Å². The SMILES string of the molecule is Cc1ccc(N2C(=O)/C(=C/c3ccccc3)NC2=NCc2ccccc2)cc1. The Kier molecular flexibility index (Phi) is 5.02. The van der Waals surface area contributed by atoms with Crippen LogP contribution >= 0.6 is 0 Å². The molecule has 0 aromatic heterocycles. The molecule has 4 rings (SSSR count). The fraction of sp³-hybridized carbons (Fsp3) is 0.0833. The molecule has 3 aromatic carbocycles. The van der Waals surface area contributed by atoms with Crippen molar-refractivity contribution >= 4 is 23.6 Å². The van der Waals surface area contributed by atoms with Gasteiger partial charge in [0.2, 0.25) is 5.96 Å². The normalized spacial score (nSPS) is 16.6. The Morgan fingerprint density at radius 2 is 1.54 bits per heavy atom. The van der Waals surface area contributed by atoms with E-state index in [9.17, 15) is 4.79 Å². The third-order valence-corrected chi connectivity index (χ3v) is 4.55. The minimum absolute atomic E-state index is 0.112. The number of hydrogen-bond acceptors (Lipinski definition) is 2. The highest BCUT2D eigenvalue weighted by molar-refractivity contribution is 6.29. The highest BCUT2D eigenvalue weighted by Crippen LogP contribution is 2.23. The van der Waals surface area contributed by atoms with E-state index in [1.54, 1.807) is 4.90 Å². The molecule has 0 saturated carbocycles. The molecule has 0 radical (unpaired) electrons. The molecule has 3 aromatic rings. The summed E-state index contributed by atoms with van der Waals surface area (Å²) in [4.78, 5) is 19.5. The number of anilines is 1. The first-order chi connectivity index (χ1) is 13.7. The van der Waals surface area contributed by atoms with E-state index in [-0.39, 0.29) is 5.91 Å². The van der Waals surface area contributed by atoms with Crippen molar-refractivity contribution in [3.8, 4) is 0 Å². The molecule has 0 unspecified atom stereocenters. The molecule has 1 heterocycles. The van der Waals surface area contributed by atoms with Crippen molar-refractivity contribution in [2.45, 2.75) is 13.5 Å². The van der Waals surface area contributed by atoms with E-state index in [1.165, 1.54) is 0 Å². The van der Waals surface area contributed by atoms with Gasteiger partial charge in [0.05, 0.1) is 12.2 Å². The highest BCUT2D eigenvalue weighted by atomic mass is 16.2. The number of benzene rings is 3. The second-order valence-electron chi connectivity index (χ2n) is 6.70. The summed E-state index contributed by atoms with van der Waals surface area (Å²) >= 11 is 0. The van der Waals surface area contributed by atoms with Crippen molar-refractivity contribution < 1.29 is 4.79 Å². The first-order valence-corrected chi connectivity index (χ1v) is 9.24. The lowest BCUT2D eigenvalue weighted by Gasteiger charge is -2.15. The number of nitrogens with one attached hydrogen (secondary N) is 1. The zero-order chi connectivity index (χ0) is 19.3. The minimum atomic E-state index is -0.112. The van der Waals surface area contributed by atoms with Gasteiger partial charge in [-0.15, -0.1) is 0 Å². The molecule has 1 aliphatic heterocycles. The average Bonchev–Trinajstić information content (AvgIpc) is 3.04. The summed E-state index contributed by atoms with van der Waals surface area (Å²) in [7, 11) is 0. The third-order valence-electron chi connectivity index (χ3n) is 4.55. The molecule has 4 heteroatoms. The van der Waals surface area contributed by atoms with Gasteiger partial charge in [-0.25, -0.2) is 9.89 Å². The lowest BCUT2D eigenvalue weighted by Crippen LogP contribution is -2.32. The number of aryl methyl sites for hydroxylation is 1. The smallest absolute Gasteiger partial charge is 0.281 e. The van der Waals surface area contributed by atoms with E-state index in [0.717, 1.165) is 22.4 Å². The maximum Gasteiger partial charge on any atom is 0.281 e. The largest absolute Gasteiger partial charge is 0.321 e. The molecule has 0 atom stereocenters. The van der Waals surface area contributed by atoms with Crippen molar-refractivity contribution in [2.24, 2.45) is 4.99 Å². The second kappa shape index (κ2) is 7.92. The molecule has 0 spiro atoms. The summed E-state index contributed by atoms with van der Waals surface area (Å²) in [5, 5.41) is 3.21. The lowest BCUT2D eigenvalue weighted by molar-refractivity contribution is -0.113. The predicted molar refractivity (Wildman–Crippen MR) is 114 cm³/mol. The number of nitrogens with zero attached hydrogens (tertiary/aromatic N) is 2. The van der Waals surface area contributed by atoms with Gasteiger partial charge >= 0.3 is 0 Å². The molecule has 0 aliphatic carbocycles. The zero-order valence-corrected chi connectivity index (χ0v) is 15.7. The van der Waals surface area contributed by atoms with E-state index in [1.807, 2.05) is 97.9 Å². The van der Waals surface area contributed by atoms with Crippen molar-refractivity contribution in [1.29, 1.82) is 0 Å². The van der Waals surface area contributed by atoms with Crippen LogP contribution in [-0.2, 0) is 11.3 Å². The number of carbonyl (C=O) groups excluding carboxylic acids is 1. The molecule has 1 amide bonds. The summed E-state index contributed by atoms with van der Waals surface area (Å²) in [6.07, 6.45) is 1.86. The average molecular weight is 367 g/mol. The predicted octanol–water partition coefficient (Wildman–Crippen LogP) is 4.53. The van der Waals surface area contributed by atoms with Crippen LogP contribution in [0.5, 0.6) is 0 Å². The van der Waals surface area contributed by atoms with E-state index >= 15 is 0 Å². The highest BCUT2D eigenvalue weighted by Gasteiger charge is 2.33. The standard InChI is InChI=1S/C24H21N3O/c1-18-12-14-21(15-13-18)27-23(28)22(16-19-8-4-2-5-9-19)26-24(27)25-17-20-10-6-3-7-11-20/h2-16H,17H2,1H3,(H,25,26)/b22-16-. The second-order valence-corrected chi connectivity index (χ2v) is 6.70. The van der Waals surface area contributed by atoms with Gasteiger partial charge < -0.3 is 5.32 Å². The number of amides is 1. The van der Waals surface area contributed by atoms with Crippen LogP contribution in [0.15, 0.2) is 95.6 Å². The Balaban J connectivity index is 1.69. The van der Waals surface area contributed by atoms with Crippen LogP contribution in [0.4, 0.5) is 5.69 Å². The van der Waals surface area contributed by atoms with Crippen LogP contribution in [0.3, 0.4) is 0 Å². The van der Waals surface area contributed by atoms with Gasteiger partial charge in [0.25, 0.3) is 5.91 Å². The summed E-state index contributed by atoms with van der Waals surface area (Å²) in [6, 6.07) is 27.7. The Morgan fingerprint density at radius 3 is 2.21 bits per heavy atom. The van der Waals surface area contributed by atoms with Gasteiger partial charge in [-0.3, -0.25) is 4.79 Å². The number of hydrogen-bond donors (Lipinski definition) is 1. The molecule has 1 aliphatic rings. The van der Waals surface area contributed by atoms with E-state index in [4.69, 9.17) is 0 Å². The monoisotopic (exact) mass is 367 g/mol. The van der Waals surface area contributed by atoms with Crippen molar-refractivity contribution in [3.63, 3.8) is 0 Å². The maximum absolute atomic E-state index is 13.1. The van der Waals surface area contributed by atoms with E-state index in [0.29, 0.717) is 18.2 Å². The summed E-state index contributed by atoms with van der Waals surface area (Å²) in [5.41, 5.74) is 4.51. The first kappa shape index (κ1) is 17.7. The van der Waals surface area contributed by atoms with Crippen LogP contribution in [-0.4, -0.2) is 11.9 Å². The van der Waals surface area contributed by atoms with Crippen LogP contribution in [0.1, 0.15) is 16.7 Å². The molecule has 0 bridgehead atoms. The van der Waals surface area contributed by atoms with Gasteiger partial charge in [0.15, 0.2) is 0 Å². The van der Waals surface area contributed by atoms with Crippen molar-refractivity contribution in [1.82, 2.24) is 5.32 Å². The molecule has 1 saturated heterocycles. The van der Waals surface area contributed by atoms with Crippen LogP contribution < -0.4 is 10.2 Å². The lowest BCUT2D eigenvalue weighted by atomic mass is 10.2. The number of guanidine groups is 1. The number of carbonyl (C=O) groups is 1. The molecule has 1 fully saturated rings. The molecular formula is C24H21N3O. The van der Waals surface area contributed by atoms with Crippen LogP contribution in [0, 0.1) is 6.92 Å². The fourth-order valence-corrected chi connectivity index (χ4v) is 3.05. The third kappa shape index (κ3) is 3.86. The van der Waals surface area contributed by atoms with E-state index < -0.39 is 0 Å². The maximum atomic E-state index is 13.1. The van der Waals surface area contributed by atoms with Gasteiger partial charge in [0.1, 0.15) is 5.70 Å². The zero-order valence-electron chi connectivity index (χ0n) is 15.7. The van der Waals surface area contributed by atoms with Crippen LogP contribution in [0.2, 0.25) is 0 Å². The molecular weight excluding hydrogens is 346 g/mol. The fourth-order valence-electron chi connectivity index (χ4n) is 3.05. The first-order valence-electron chi connectivity index (χ1n) is 9.24. The van der Waals surface area contributed by atoms with Gasteiger partial charge in [-0.1, -0.05) is 78.4 Å². The quantitative estimate of drug-likeness (QED) is 0.689. The van der Waals surface area contributed by atoms with E-state index in [2.05, 4.69) is 10.3 Å². The number of rotatable bonds is 4. The Bertz CT molecular complexity index is 1020. The summed E-state index contributed by atoms with van der Waals surface area (Å²) < 4.78 is 0. The number of aliphatic imine (C=N–C) groups is 1. The Hall–Kier alpha value is -3.66. The van der Waals surface area contributed by atoms with Gasteiger partial charge in [-0.2, -0.15) is 0 Å². The molecule has 138 valence electrons. The van der Waals surface area contributed by atoms with Crippen LogP contribution in [0.25, 0.3) is 6.08 Å². The van der Waals surface area contributed by atoms with Crippen molar-refractivity contribution in [3.05, 3.63) is 107 Å². The van der Waals surface area contributed by atoms with Crippen molar-refractivity contribution in [2.75, 3.05) is 4.90 Å². The molecule has 1 N–H and O–H groups in total.